The highest BCUT2D eigenvalue weighted by molar-refractivity contribution is 7.80. The topological polar surface area (TPSA) is 51.1 Å². The second kappa shape index (κ2) is 6.53. The van der Waals surface area contributed by atoms with Crippen molar-refractivity contribution in [2.45, 2.75) is 18.9 Å². The molecular formula is C20H18N2O3S. The third-order valence-corrected chi connectivity index (χ3v) is 5.17. The number of fused-ring (bicyclic) bond motifs is 2. The van der Waals surface area contributed by atoms with Crippen LogP contribution in [0.3, 0.4) is 0 Å². The summed E-state index contributed by atoms with van der Waals surface area (Å²) >= 11 is 5.48. The van der Waals surface area contributed by atoms with Crippen LogP contribution < -0.4 is 9.47 Å². The molecule has 1 atom stereocenters. The maximum atomic E-state index is 13.1. The molecule has 5 nitrogen and oxygen atoms in total. The third kappa shape index (κ3) is 2.66. The van der Waals surface area contributed by atoms with E-state index in [2.05, 4.69) is 4.99 Å². The Hall–Kier alpha value is -2.73. The molecule has 1 aromatic rings. The van der Waals surface area contributed by atoms with Crippen molar-refractivity contribution in [3.05, 3.63) is 53.3 Å². The van der Waals surface area contributed by atoms with E-state index in [1.54, 1.807) is 31.3 Å². The first-order valence-electron chi connectivity index (χ1n) is 8.36. The average molecular weight is 366 g/mol. The molecule has 4 rings (SSSR count). The van der Waals surface area contributed by atoms with E-state index in [1.807, 2.05) is 30.6 Å². The summed E-state index contributed by atoms with van der Waals surface area (Å²) in [6, 6.07) is 3.31. The van der Waals surface area contributed by atoms with Gasteiger partial charge < -0.3 is 14.4 Å². The van der Waals surface area contributed by atoms with E-state index in [0.29, 0.717) is 29.2 Å². The molecule has 0 fully saturated rings. The molecule has 0 saturated carbocycles. The molecule has 3 aliphatic rings. The van der Waals surface area contributed by atoms with Crippen molar-refractivity contribution in [3.8, 4) is 11.5 Å². The molecule has 1 aliphatic carbocycles. The molecule has 0 N–H and O–H groups in total. The van der Waals surface area contributed by atoms with Gasteiger partial charge in [0.25, 0.3) is 5.91 Å². The quantitative estimate of drug-likeness (QED) is 0.764. The van der Waals surface area contributed by atoms with Crippen LogP contribution in [0.1, 0.15) is 23.2 Å². The number of carbonyl (C=O) groups excluding carboxylic acids is 1. The fourth-order valence-electron chi connectivity index (χ4n) is 3.43. The molecule has 2 heterocycles. The number of aliphatic imine (C=N–C) groups is 1. The fraction of sp³-hybridized carbons (Fsp3) is 0.250. The van der Waals surface area contributed by atoms with E-state index in [0.717, 1.165) is 22.4 Å². The number of nitrogens with zero attached hydrogens (tertiary/aromatic N) is 2. The standard InChI is InChI=1S/C20H18N2O3S/c1-24-17-8-15-16(9-18(17)25-2)21-10-13-7-12(11-22(13)20(15)23)14-5-3-4-6-19(14)26/h3-5,8-11,13H,6-7H2,1-2H3/t13-/m0/s1. The molecule has 0 saturated heterocycles. The number of hydrogen-bond donors (Lipinski definition) is 0. The van der Waals surface area contributed by atoms with Crippen LogP contribution in [0.5, 0.6) is 11.5 Å². The first-order chi connectivity index (χ1) is 12.6. The Morgan fingerprint density at radius 3 is 2.73 bits per heavy atom. The highest BCUT2D eigenvalue weighted by Gasteiger charge is 2.34. The second-order valence-electron chi connectivity index (χ2n) is 6.28. The highest BCUT2D eigenvalue weighted by atomic mass is 32.1. The smallest absolute Gasteiger partial charge is 0.260 e. The Morgan fingerprint density at radius 2 is 2.00 bits per heavy atom. The van der Waals surface area contributed by atoms with Crippen LogP contribution in [0.2, 0.25) is 0 Å². The van der Waals surface area contributed by atoms with Crippen molar-refractivity contribution < 1.29 is 14.3 Å². The average Bonchev–Trinajstić information content (AvgIpc) is 3.04. The van der Waals surface area contributed by atoms with Gasteiger partial charge in [-0.15, -0.1) is 0 Å². The number of benzene rings is 1. The van der Waals surface area contributed by atoms with E-state index in [4.69, 9.17) is 21.7 Å². The number of rotatable bonds is 3. The van der Waals surface area contributed by atoms with Gasteiger partial charge in [0.15, 0.2) is 11.5 Å². The van der Waals surface area contributed by atoms with Crippen molar-refractivity contribution >= 4 is 34.9 Å². The summed E-state index contributed by atoms with van der Waals surface area (Å²) < 4.78 is 10.7. The molecule has 2 aliphatic heterocycles. The minimum atomic E-state index is -0.114. The van der Waals surface area contributed by atoms with Gasteiger partial charge in [0.05, 0.1) is 31.5 Å². The van der Waals surface area contributed by atoms with Crippen LogP contribution in [0.4, 0.5) is 5.69 Å². The van der Waals surface area contributed by atoms with E-state index < -0.39 is 0 Å². The zero-order valence-corrected chi connectivity index (χ0v) is 15.4. The van der Waals surface area contributed by atoms with Gasteiger partial charge in [0, 0.05) is 36.2 Å². The van der Waals surface area contributed by atoms with Gasteiger partial charge in [-0.2, -0.15) is 0 Å². The molecule has 0 unspecified atom stereocenters. The Labute approximate surface area is 157 Å². The lowest BCUT2D eigenvalue weighted by Gasteiger charge is -2.18. The first kappa shape index (κ1) is 16.7. The minimum Gasteiger partial charge on any atom is -0.493 e. The van der Waals surface area contributed by atoms with Gasteiger partial charge in [-0.3, -0.25) is 9.79 Å². The third-order valence-electron chi connectivity index (χ3n) is 4.78. The number of hydrogen-bond acceptors (Lipinski definition) is 5. The van der Waals surface area contributed by atoms with Crippen LogP contribution in [0.15, 0.2) is 52.7 Å². The Balaban J connectivity index is 1.74. The van der Waals surface area contributed by atoms with E-state index in [-0.39, 0.29) is 11.9 Å². The first-order valence-corrected chi connectivity index (χ1v) is 8.77. The molecule has 0 aromatic heterocycles. The molecule has 1 aromatic carbocycles. The molecular weight excluding hydrogens is 348 g/mol. The molecule has 0 bridgehead atoms. The summed E-state index contributed by atoms with van der Waals surface area (Å²) in [5, 5.41) is 0. The van der Waals surface area contributed by atoms with Gasteiger partial charge in [-0.25, -0.2) is 0 Å². The summed E-state index contributed by atoms with van der Waals surface area (Å²) in [7, 11) is 3.12. The SMILES string of the molecule is COc1cc2c(cc1OC)C(=O)N1C=C(C3=CC=CCC3=S)C[C@H]1C=N2. The maximum Gasteiger partial charge on any atom is 0.260 e. The summed E-state index contributed by atoms with van der Waals surface area (Å²) in [6.45, 7) is 0. The molecule has 0 spiro atoms. The van der Waals surface area contributed by atoms with Gasteiger partial charge in [-0.05, 0) is 17.2 Å². The summed E-state index contributed by atoms with van der Waals surface area (Å²) in [5.74, 6) is 0.966. The van der Waals surface area contributed by atoms with Crippen molar-refractivity contribution in [2.24, 2.45) is 4.99 Å². The van der Waals surface area contributed by atoms with Crippen molar-refractivity contribution in [2.75, 3.05) is 14.2 Å². The van der Waals surface area contributed by atoms with Crippen LogP contribution in [0.25, 0.3) is 0 Å². The van der Waals surface area contributed by atoms with Crippen molar-refractivity contribution in [1.29, 1.82) is 0 Å². The highest BCUT2D eigenvalue weighted by Crippen LogP contribution is 2.39. The van der Waals surface area contributed by atoms with Crippen LogP contribution >= 0.6 is 12.2 Å². The van der Waals surface area contributed by atoms with E-state index >= 15 is 0 Å². The van der Waals surface area contributed by atoms with Gasteiger partial charge in [-0.1, -0.05) is 30.4 Å². The Morgan fingerprint density at radius 1 is 1.23 bits per heavy atom. The number of carbonyl (C=O) groups is 1. The monoisotopic (exact) mass is 366 g/mol. The fourth-order valence-corrected chi connectivity index (χ4v) is 3.73. The number of ether oxygens (including phenoxy) is 2. The lowest BCUT2D eigenvalue weighted by molar-refractivity contribution is 0.0817. The van der Waals surface area contributed by atoms with Crippen LogP contribution in [-0.2, 0) is 0 Å². The lowest BCUT2D eigenvalue weighted by Crippen LogP contribution is -2.32. The molecule has 0 radical (unpaired) electrons. The van der Waals surface area contributed by atoms with Gasteiger partial charge in [0.1, 0.15) is 0 Å². The van der Waals surface area contributed by atoms with Crippen molar-refractivity contribution in [1.82, 2.24) is 4.90 Å². The molecule has 1 amide bonds. The summed E-state index contributed by atoms with van der Waals surface area (Å²) in [6.07, 6.45) is 11.3. The largest absolute Gasteiger partial charge is 0.493 e. The molecule has 132 valence electrons. The van der Waals surface area contributed by atoms with Gasteiger partial charge >= 0.3 is 0 Å². The van der Waals surface area contributed by atoms with Crippen LogP contribution in [0, 0.1) is 0 Å². The second-order valence-corrected chi connectivity index (χ2v) is 6.77. The summed E-state index contributed by atoms with van der Waals surface area (Å²) in [4.78, 5) is 20.3. The summed E-state index contributed by atoms with van der Waals surface area (Å²) in [5.41, 5.74) is 3.21. The zero-order valence-electron chi connectivity index (χ0n) is 14.6. The normalized spacial score (nSPS) is 21.0. The number of thiocarbonyl (C=S) groups is 1. The molecule has 6 heteroatoms. The number of methoxy groups -OCH3 is 2. The predicted octanol–water partition coefficient (Wildman–Crippen LogP) is 3.77. The predicted molar refractivity (Wildman–Crippen MR) is 105 cm³/mol. The minimum absolute atomic E-state index is 0.101. The van der Waals surface area contributed by atoms with E-state index in [9.17, 15) is 4.79 Å². The van der Waals surface area contributed by atoms with Crippen molar-refractivity contribution in [3.63, 3.8) is 0 Å². The number of amides is 1. The maximum absolute atomic E-state index is 13.1. The van der Waals surface area contributed by atoms with Crippen LogP contribution in [-0.4, -0.2) is 42.1 Å². The Bertz CT molecular complexity index is 927. The Kier molecular flexibility index (Phi) is 4.20. The lowest BCUT2D eigenvalue weighted by atomic mass is 9.95. The molecule has 26 heavy (non-hydrogen) atoms. The zero-order chi connectivity index (χ0) is 18.3. The number of allylic oxidation sites excluding steroid dienone is 4. The van der Waals surface area contributed by atoms with E-state index in [1.165, 1.54) is 0 Å². The van der Waals surface area contributed by atoms with Gasteiger partial charge in [0.2, 0.25) is 0 Å².